The number of ether oxygens (including phenoxy) is 2. The number of nitrogens with zero attached hydrogens (tertiary/aromatic N) is 1. The molecule has 1 aliphatic rings. The molecule has 2 N–H and O–H groups in total. The molecule has 6 heteroatoms. The minimum atomic E-state index is -0.434. The summed E-state index contributed by atoms with van der Waals surface area (Å²) in [4.78, 5) is 13.0. The van der Waals surface area contributed by atoms with Crippen LogP contribution in [-0.2, 0) is 11.3 Å². The fourth-order valence-electron chi connectivity index (χ4n) is 1.90. The Bertz CT molecular complexity index is 453. The molecule has 1 atom stereocenters. The van der Waals surface area contributed by atoms with Gasteiger partial charge < -0.3 is 15.2 Å². The van der Waals surface area contributed by atoms with Crippen molar-refractivity contribution < 1.29 is 18.7 Å². The van der Waals surface area contributed by atoms with Gasteiger partial charge in [-0.2, -0.15) is 0 Å². The van der Waals surface area contributed by atoms with Crippen LogP contribution in [0, 0.1) is 5.82 Å². The number of cyclic esters (lactones) is 1. The molecule has 1 unspecified atom stereocenters. The van der Waals surface area contributed by atoms with E-state index in [1.54, 1.807) is 0 Å². The van der Waals surface area contributed by atoms with Gasteiger partial charge in [0.25, 0.3) is 0 Å². The standard InChI is InChI=1S/C12H15FN2O3/c1-17-11-3-2-9(13)4-8(11)6-15-7-10(5-14)18-12(15)16/h2-4,10H,5-7,14H2,1H3. The highest BCUT2D eigenvalue weighted by atomic mass is 19.1. The van der Waals surface area contributed by atoms with E-state index in [1.807, 2.05) is 0 Å². The Labute approximate surface area is 104 Å². The Morgan fingerprint density at radius 3 is 3.00 bits per heavy atom. The lowest BCUT2D eigenvalue weighted by Crippen LogP contribution is -2.27. The van der Waals surface area contributed by atoms with E-state index in [9.17, 15) is 9.18 Å². The van der Waals surface area contributed by atoms with Crippen molar-refractivity contribution in [3.05, 3.63) is 29.6 Å². The highest BCUT2D eigenvalue weighted by Gasteiger charge is 2.30. The molecule has 0 spiro atoms. The summed E-state index contributed by atoms with van der Waals surface area (Å²) in [6, 6.07) is 4.20. The molecule has 1 aliphatic heterocycles. The molecule has 1 amide bonds. The quantitative estimate of drug-likeness (QED) is 0.874. The van der Waals surface area contributed by atoms with Crippen LogP contribution < -0.4 is 10.5 Å². The highest BCUT2D eigenvalue weighted by molar-refractivity contribution is 5.70. The molecule has 1 aromatic rings. The number of carbonyl (C=O) groups excluding carboxylic acids is 1. The van der Waals surface area contributed by atoms with Crippen LogP contribution in [0.4, 0.5) is 9.18 Å². The number of rotatable bonds is 4. The zero-order chi connectivity index (χ0) is 13.1. The maximum Gasteiger partial charge on any atom is 0.410 e. The summed E-state index contributed by atoms with van der Waals surface area (Å²) < 4.78 is 23.3. The first kappa shape index (κ1) is 12.6. The van der Waals surface area contributed by atoms with E-state index >= 15 is 0 Å². The summed E-state index contributed by atoms with van der Waals surface area (Å²) in [5.41, 5.74) is 6.05. The van der Waals surface area contributed by atoms with Crippen molar-refractivity contribution in [3.8, 4) is 5.75 Å². The molecule has 18 heavy (non-hydrogen) atoms. The first-order chi connectivity index (χ1) is 8.63. The molecule has 0 bridgehead atoms. The Balaban J connectivity index is 2.14. The molecular formula is C12H15FN2O3. The topological polar surface area (TPSA) is 64.8 Å². The zero-order valence-corrected chi connectivity index (χ0v) is 10.1. The van der Waals surface area contributed by atoms with Crippen molar-refractivity contribution >= 4 is 6.09 Å². The zero-order valence-electron chi connectivity index (χ0n) is 10.1. The molecule has 1 heterocycles. The molecule has 1 aromatic carbocycles. The minimum absolute atomic E-state index is 0.246. The summed E-state index contributed by atoms with van der Waals surface area (Å²) in [5.74, 6) is 0.175. The first-order valence-corrected chi connectivity index (χ1v) is 5.62. The summed E-state index contributed by atoms with van der Waals surface area (Å²) in [5, 5.41) is 0. The second kappa shape index (κ2) is 5.22. The SMILES string of the molecule is COc1ccc(F)cc1CN1CC(CN)OC1=O. The van der Waals surface area contributed by atoms with Gasteiger partial charge in [-0.3, -0.25) is 4.90 Å². The van der Waals surface area contributed by atoms with Gasteiger partial charge >= 0.3 is 6.09 Å². The third kappa shape index (κ3) is 2.53. The smallest absolute Gasteiger partial charge is 0.410 e. The van der Waals surface area contributed by atoms with Gasteiger partial charge in [0.05, 0.1) is 20.2 Å². The van der Waals surface area contributed by atoms with Crippen LogP contribution in [-0.4, -0.2) is 37.3 Å². The second-order valence-electron chi connectivity index (χ2n) is 4.08. The van der Waals surface area contributed by atoms with Gasteiger partial charge in [0, 0.05) is 12.1 Å². The molecule has 98 valence electrons. The first-order valence-electron chi connectivity index (χ1n) is 5.62. The second-order valence-corrected chi connectivity index (χ2v) is 4.08. The van der Waals surface area contributed by atoms with Gasteiger partial charge in [-0.05, 0) is 18.2 Å². The van der Waals surface area contributed by atoms with E-state index in [0.717, 1.165) is 0 Å². The molecule has 0 aliphatic carbocycles. The van der Waals surface area contributed by atoms with Crippen LogP contribution in [0.5, 0.6) is 5.75 Å². The number of hydrogen-bond acceptors (Lipinski definition) is 4. The molecule has 0 aromatic heterocycles. The Morgan fingerprint density at radius 2 is 2.39 bits per heavy atom. The van der Waals surface area contributed by atoms with E-state index in [1.165, 1.54) is 30.2 Å². The number of halogens is 1. The molecule has 2 rings (SSSR count). The number of nitrogens with two attached hydrogens (primary N) is 1. The predicted molar refractivity (Wildman–Crippen MR) is 62.7 cm³/mol. The van der Waals surface area contributed by atoms with Gasteiger partial charge in [-0.15, -0.1) is 0 Å². The van der Waals surface area contributed by atoms with Crippen molar-refractivity contribution in [3.63, 3.8) is 0 Å². The number of carbonyl (C=O) groups is 1. The normalized spacial score (nSPS) is 18.9. The van der Waals surface area contributed by atoms with Gasteiger partial charge in [0.2, 0.25) is 0 Å². The fourth-order valence-corrected chi connectivity index (χ4v) is 1.90. The van der Waals surface area contributed by atoms with Crippen LogP contribution >= 0.6 is 0 Å². The van der Waals surface area contributed by atoms with Crippen molar-refractivity contribution in [1.29, 1.82) is 0 Å². The highest BCUT2D eigenvalue weighted by Crippen LogP contribution is 2.23. The van der Waals surface area contributed by atoms with Crippen molar-refractivity contribution in [2.75, 3.05) is 20.2 Å². The minimum Gasteiger partial charge on any atom is -0.496 e. The summed E-state index contributed by atoms with van der Waals surface area (Å²) in [6.45, 7) is 0.938. The third-order valence-corrected chi connectivity index (χ3v) is 2.82. The van der Waals surface area contributed by atoms with E-state index in [4.69, 9.17) is 15.2 Å². The van der Waals surface area contributed by atoms with Crippen LogP contribution in [0.25, 0.3) is 0 Å². The summed E-state index contributed by atoms with van der Waals surface area (Å²) in [6.07, 6.45) is -0.728. The van der Waals surface area contributed by atoms with Crippen LogP contribution in [0.1, 0.15) is 5.56 Å². The van der Waals surface area contributed by atoms with Gasteiger partial charge in [-0.25, -0.2) is 9.18 Å². The molecule has 1 saturated heterocycles. The fraction of sp³-hybridized carbons (Fsp3) is 0.417. The summed E-state index contributed by atoms with van der Waals surface area (Å²) >= 11 is 0. The van der Waals surface area contributed by atoms with Crippen molar-refractivity contribution in [2.45, 2.75) is 12.6 Å². The predicted octanol–water partition coefficient (Wildman–Crippen LogP) is 1.11. The molecule has 5 nitrogen and oxygen atoms in total. The Morgan fingerprint density at radius 1 is 1.61 bits per heavy atom. The molecule has 0 saturated carbocycles. The lowest BCUT2D eigenvalue weighted by atomic mass is 10.2. The van der Waals surface area contributed by atoms with Crippen molar-refractivity contribution in [1.82, 2.24) is 4.90 Å². The Kier molecular flexibility index (Phi) is 3.66. The van der Waals surface area contributed by atoms with Crippen LogP contribution in [0.3, 0.4) is 0 Å². The lowest BCUT2D eigenvalue weighted by molar-refractivity contribution is 0.134. The average Bonchev–Trinajstić information content (AvgIpc) is 2.71. The third-order valence-electron chi connectivity index (χ3n) is 2.82. The number of hydrogen-bond donors (Lipinski definition) is 1. The maximum atomic E-state index is 13.2. The average molecular weight is 254 g/mol. The van der Waals surface area contributed by atoms with E-state index in [2.05, 4.69) is 0 Å². The lowest BCUT2D eigenvalue weighted by Gasteiger charge is -2.15. The van der Waals surface area contributed by atoms with Gasteiger partial charge in [-0.1, -0.05) is 0 Å². The van der Waals surface area contributed by atoms with Crippen LogP contribution in [0.15, 0.2) is 18.2 Å². The molecule has 0 radical (unpaired) electrons. The molecule has 1 fully saturated rings. The van der Waals surface area contributed by atoms with Gasteiger partial charge in [0.15, 0.2) is 0 Å². The van der Waals surface area contributed by atoms with Crippen LogP contribution in [0.2, 0.25) is 0 Å². The molecular weight excluding hydrogens is 239 g/mol. The van der Waals surface area contributed by atoms with E-state index < -0.39 is 6.09 Å². The summed E-state index contributed by atoms with van der Waals surface area (Å²) in [7, 11) is 1.50. The monoisotopic (exact) mass is 254 g/mol. The number of amides is 1. The number of methoxy groups -OCH3 is 1. The van der Waals surface area contributed by atoms with E-state index in [0.29, 0.717) is 17.9 Å². The largest absolute Gasteiger partial charge is 0.496 e. The van der Waals surface area contributed by atoms with Crippen molar-refractivity contribution in [2.24, 2.45) is 5.73 Å². The van der Waals surface area contributed by atoms with E-state index in [-0.39, 0.29) is 25.0 Å². The van der Waals surface area contributed by atoms with Gasteiger partial charge in [0.1, 0.15) is 17.7 Å². The maximum absolute atomic E-state index is 13.2. The Hall–Kier alpha value is -1.82. The number of benzene rings is 1.